The molecule has 1 amide bonds. The van der Waals surface area contributed by atoms with Gasteiger partial charge in [0.05, 0.1) is 20.5 Å². The number of halogens is 6. The average molecular weight is 581 g/mol. The molecule has 0 spiro atoms. The highest BCUT2D eigenvalue weighted by atomic mass is 79.9. The van der Waals surface area contributed by atoms with Gasteiger partial charge in [0.2, 0.25) is 5.91 Å². The molecule has 178 valence electrons. The summed E-state index contributed by atoms with van der Waals surface area (Å²) in [6.07, 6.45) is 1.26. The van der Waals surface area contributed by atoms with Gasteiger partial charge in [0.1, 0.15) is 0 Å². The molecule has 3 rings (SSSR count). The number of rotatable bonds is 7. The number of anilines is 1. The Morgan fingerprint density at radius 2 is 1.94 bits per heavy atom. The van der Waals surface area contributed by atoms with E-state index in [0.29, 0.717) is 31.1 Å². The summed E-state index contributed by atoms with van der Waals surface area (Å²) in [4.78, 5) is 13.5. The van der Waals surface area contributed by atoms with Crippen molar-refractivity contribution in [1.82, 2.24) is 5.32 Å². The van der Waals surface area contributed by atoms with Crippen LogP contribution >= 0.6 is 50.7 Å². The number of hydrogen-bond acceptors (Lipinski definition) is 2. The molecule has 1 N–H and O–H groups in total. The van der Waals surface area contributed by atoms with Gasteiger partial charge in [-0.25, -0.2) is 8.78 Å². The predicted octanol–water partition coefficient (Wildman–Crippen LogP) is 7.79. The SMILES string of the molecule is C=CC(F)(F)C1(c2cc(Cl)c(Cl)c(Cl)c2)CCN(c2ccc(CNC(=O)CC)c(Br)c2)C1C. The van der Waals surface area contributed by atoms with Crippen molar-refractivity contribution in [1.29, 1.82) is 0 Å². The maximum absolute atomic E-state index is 15.5. The van der Waals surface area contributed by atoms with Gasteiger partial charge in [-0.15, -0.1) is 0 Å². The van der Waals surface area contributed by atoms with E-state index in [-0.39, 0.29) is 27.4 Å². The molecule has 0 aromatic heterocycles. The maximum Gasteiger partial charge on any atom is 0.277 e. The van der Waals surface area contributed by atoms with Crippen LogP contribution < -0.4 is 10.2 Å². The van der Waals surface area contributed by atoms with Crippen molar-refractivity contribution in [3.05, 3.63) is 73.7 Å². The van der Waals surface area contributed by atoms with Crippen molar-refractivity contribution in [3.63, 3.8) is 0 Å². The van der Waals surface area contributed by atoms with Gasteiger partial charge in [-0.2, -0.15) is 0 Å². The van der Waals surface area contributed by atoms with E-state index in [1.54, 1.807) is 13.8 Å². The van der Waals surface area contributed by atoms with Gasteiger partial charge in [-0.3, -0.25) is 4.79 Å². The molecule has 2 aromatic carbocycles. The molecule has 1 aliphatic rings. The van der Waals surface area contributed by atoms with E-state index < -0.39 is 17.4 Å². The molecule has 0 aliphatic carbocycles. The summed E-state index contributed by atoms with van der Waals surface area (Å²) in [6, 6.07) is 7.97. The van der Waals surface area contributed by atoms with Crippen LogP contribution in [0.3, 0.4) is 0 Å². The largest absolute Gasteiger partial charge is 0.368 e. The number of allylic oxidation sites excluding steroid dienone is 1. The van der Waals surface area contributed by atoms with Crippen molar-refractivity contribution in [2.75, 3.05) is 11.4 Å². The smallest absolute Gasteiger partial charge is 0.277 e. The molecule has 33 heavy (non-hydrogen) atoms. The van der Waals surface area contributed by atoms with E-state index in [2.05, 4.69) is 27.8 Å². The summed E-state index contributed by atoms with van der Waals surface area (Å²) in [5, 5.41) is 3.23. The lowest BCUT2D eigenvalue weighted by Crippen LogP contribution is -2.52. The van der Waals surface area contributed by atoms with E-state index in [1.165, 1.54) is 12.1 Å². The molecule has 1 saturated heterocycles. The van der Waals surface area contributed by atoms with Gasteiger partial charge in [-0.1, -0.05) is 70.3 Å². The first kappa shape index (κ1) is 26.3. The van der Waals surface area contributed by atoms with E-state index in [1.807, 2.05) is 23.1 Å². The van der Waals surface area contributed by atoms with Gasteiger partial charge < -0.3 is 10.2 Å². The molecule has 0 radical (unpaired) electrons. The van der Waals surface area contributed by atoms with Gasteiger partial charge >= 0.3 is 0 Å². The van der Waals surface area contributed by atoms with Crippen LogP contribution in [0.25, 0.3) is 0 Å². The van der Waals surface area contributed by atoms with Gasteiger partial charge in [0, 0.05) is 35.7 Å². The minimum Gasteiger partial charge on any atom is -0.368 e. The third-order valence-corrected chi connectivity index (χ3v) is 8.38. The molecule has 2 atom stereocenters. The first-order valence-electron chi connectivity index (χ1n) is 10.5. The molecular weight excluding hydrogens is 557 g/mol. The zero-order valence-corrected chi connectivity index (χ0v) is 22.1. The lowest BCUT2D eigenvalue weighted by molar-refractivity contribution is -0.120. The highest BCUT2D eigenvalue weighted by molar-refractivity contribution is 9.10. The number of amides is 1. The minimum absolute atomic E-state index is 0.0455. The highest BCUT2D eigenvalue weighted by Crippen LogP contribution is 2.53. The first-order chi connectivity index (χ1) is 15.5. The van der Waals surface area contributed by atoms with Crippen molar-refractivity contribution in [2.45, 2.75) is 50.6 Å². The Morgan fingerprint density at radius 1 is 1.30 bits per heavy atom. The zero-order chi connectivity index (χ0) is 24.6. The van der Waals surface area contributed by atoms with E-state index in [9.17, 15) is 4.79 Å². The zero-order valence-electron chi connectivity index (χ0n) is 18.2. The molecule has 9 heteroatoms. The standard InChI is InChI=1S/C24H24BrCl3F2N2O/c1-4-21(33)31-13-15-6-7-17(12-18(15)25)32-9-8-23(14(32)3,24(29,30)5-2)16-10-19(26)22(28)20(27)11-16/h5-7,10-12,14H,2,4,8-9,13H2,1,3H3,(H,31,33). The number of benzene rings is 2. The second-order valence-corrected chi connectivity index (χ2v) is 10.1. The Bertz CT molecular complexity index is 1060. The maximum atomic E-state index is 15.5. The Labute approximate surface area is 216 Å². The van der Waals surface area contributed by atoms with Crippen LogP contribution in [0.1, 0.15) is 37.8 Å². The first-order valence-corrected chi connectivity index (χ1v) is 12.4. The molecule has 1 aliphatic heterocycles. The van der Waals surface area contributed by atoms with E-state index in [0.717, 1.165) is 15.7 Å². The molecule has 0 saturated carbocycles. The number of carbonyl (C=O) groups is 1. The summed E-state index contributed by atoms with van der Waals surface area (Å²) in [6.45, 7) is 7.73. The third-order valence-electron chi connectivity index (χ3n) is 6.44. The highest BCUT2D eigenvalue weighted by Gasteiger charge is 2.60. The van der Waals surface area contributed by atoms with Crippen molar-refractivity contribution in [2.24, 2.45) is 0 Å². The number of nitrogens with one attached hydrogen (secondary N) is 1. The second-order valence-electron chi connectivity index (χ2n) is 8.08. The van der Waals surface area contributed by atoms with Crippen LogP contribution in [0.2, 0.25) is 15.1 Å². The summed E-state index contributed by atoms with van der Waals surface area (Å²) in [7, 11) is 0. The number of alkyl halides is 2. The fraction of sp³-hybridized carbons (Fsp3) is 0.375. The molecule has 2 aromatic rings. The Morgan fingerprint density at radius 3 is 2.48 bits per heavy atom. The fourth-order valence-corrected chi connectivity index (χ4v) is 5.62. The summed E-state index contributed by atoms with van der Waals surface area (Å²) in [5.41, 5.74) is 0.395. The molecule has 0 bridgehead atoms. The van der Waals surface area contributed by atoms with Crippen LogP contribution in [0.15, 0.2) is 47.5 Å². The lowest BCUT2D eigenvalue weighted by atomic mass is 9.69. The monoisotopic (exact) mass is 578 g/mol. The van der Waals surface area contributed by atoms with Crippen LogP contribution in [0, 0.1) is 0 Å². The van der Waals surface area contributed by atoms with Crippen molar-refractivity contribution >= 4 is 62.3 Å². The molecule has 2 unspecified atom stereocenters. The van der Waals surface area contributed by atoms with Gasteiger partial charge in [0.15, 0.2) is 0 Å². The quantitative estimate of drug-likeness (QED) is 0.268. The van der Waals surface area contributed by atoms with E-state index >= 15 is 8.78 Å². The summed E-state index contributed by atoms with van der Waals surface area (Å²) >= 11 is 22.1. The number of nitrogens with zero attached hydrogens (tertiary/aromatic N) is 1. The topological polar surface area (TPSA) is 32.3 Å². The Hall–Kier alpha value is -1.34. The number of carbonyl (C=O) groups excluding carboxylic acids is 1. The third kappa shape index (κ3) is 4.77. The van der Waals surface area contributed by atoms with Crippen LogP contribution in [0.5, 0.6) is 0 Å². The van der Waals surface area contributed by atoms with Crippen LogP contribution in [-0.4, -0.2) is 24.4 Å². The fourth-order valence-electron chi connectivity index (χ4n) is 4.51. The number of hydrogen-bond donors (Lipinski definition) is 1. The molecular formula is C24H24BrCl3F2N2O. The minimum atomic E-state index is -3.23. The van der Waals surface area contributed by atoms with Crippen LogP contribution in [-0.2, 0) is 16.8 Å². The van der Waals surface area contributed by atoms with Crippen molar-refractivity contribution in [3.8, 4) is 0 Å². The normalized spacial score (nSPS) is 20.7. The molecule has 1 fully saturated rings. The van der Waals surface area contributed by atoms with E-state index in [4.69, 9.17) is 34.8 Å². The van der Waals surface area contributed by atoms with Crippen molar-refractivity contribution < 1.29 is 13.6 Å². The summed E-state index contributed by atoms with van der Waals surface area (Å²) in [5.74, 6) is -3.28. The second kappa shape index (κ2) is 10.1. The van der Waals surface area contributed by atoms with Gasteiger partial charge in [-0.05, 0) is 54.8 Å². The predicted molar refractivity (Wildman–Crippen MR) is 136 cm³/mol. The van der Waals surface area contributed by atoms with Crippen LogP contribution in [0.4, 0.5) is 14.5 Å². The Balaban J connectivity index is 2.01. The Kier molecular flexibility index (Phi) is 8.04. The average Bonchev–Trinajstić information content (AvgIpc) is 3.14. The molecule has 1 heterocycles. The molecule has 3 nitrogen and oxygen atoms in total. The van der Waals surface area contributed by atoms with Gasteiger partial charge in [0.25, 0.3) is 5.92 Å². The lowest BCUT2D eigenvalue weighted by Gasteiger charge is -2.41. The summed E-state index contributed by atoms with van der Waals surface area (Å²) < 4.78 is 31.9.